The molecule has 0 aromatic heterocycles. The van der Waals surface area contributed by atoms with Gasteiger partial charge in [-0.2, -0.15) is 0 Å². The predicted molar refractivity (Wildman–Crippen MR) is 113 cm³/mol. The van der Waals surface area contributed by atoms with Gasteiger partial charge in [-0.05, 0) is 32.9 Å². The largest absolute Gasteiger partial charge is 0.493 e. The van der Waals surface area contributed by atoms with E-state index in [0.29, 0.717) is 35.5 Å². The number of para-hydroxylation sites is 2. The third-order valence-corrected chi connectivity index (χ3v) is 4.10. The minimum absolute atomic E-state index is 0.0892. The third-order valence-electron chi connectivity index (χ3n) is 3.66. The second-order valence-corrected chi connectivity index (χ2v) is 6.65. The summed E-state index contributed by atoms with van der Waals surface area (Å²) in [5.41, 5.74) is 0. The maximum atomic E-state index is 6.39. The van der Waals surface area contributed by atoms with Crippen molar-refractivity contribution in [3.8, 4) is 11.5 Å². The first-order valence-electron chi connectivity index (χ1n) is 8.74. The Labute approximate surface area is 172 Å². The lowest BCUT2D eigenvalue weighted by Crippen LogP contribution is -2.41. The summed E-state index contributed by atoms with van der Waals surface area (Å²) in [6.45, 7) is 12.0. The minimum atomic E-state index is -0.0892. The summed E-state index contributed by atoms with van der Waals surface area (Å²) in [5.74, 6) is 1.45. The van der Waals surface area contributed by atoms with Gasteiger partial charge in [0.2, 0.25) is 0 Å². The smallest absolute Gasteiger partial charge is 0.178 e. The van der Waals surface area contributed by atoms with Gasteiger partial charge in [-0.15, -0.1) is 6.58 Å². The quantitative estimate of drug-likeness (QED) is 0.370. The van der Waals surface area contributed by atoms with Crippen LogP contribution in [0.25, 0.3) is 0 Å². The first-order valence-corrected chi connectivity index (χ1v) is 9.49. The molecule has 0 bridgehead atoms. The van der Waals surface area contributed by atoms with Crippen molar-refractivity contribution in [1.82, 2.24) is 4.90 Å². The lowest BCUT2D eigenvalue weighted by atomic mass is 10.3. The summed E-state index contributed by atoms with van der Waals surface area (Å²) < 4.78 is 16.5. The van der Waals surface area contributed by atoms with Crippen LogP contribution in [0.1, 0.15) is 20.8 Å². The fourth-order valence-corrected chi connectivity index (χ4v) is 2.82. The molecular formula is C20H28Cl2N2O3. The second-order valence-electron chi connectivity index (χ2n) is 5.72. The number of methoxy groups -OCH3 is 1. The average Bonchev–Trinajstić information content (AvgIpc) is 2.67. The van der Waals surface area contributed by atoms with Gasteiger partial charge in [-0.1, -0.05) is 41.4 Å². The highest BCUT2D eigenvalue weighted by Gasteiger charge is 2.19. The number of hydrogen-bond donors (Lipinski definition) is 0. The summed E-state index contributed by atoms with van der Waals surface area (Å²) in [7, 11) is 1.58. The highest BCUT2D eigenvalue weighted by molar-refractivity contribution is 6.70. The van der Waals surface area contributed by atoms with Crippen LogP contribution in [0.3, 0.4) is 0 Å². The molecule has 1 heterocycles. The molecule has 1 aliphatic rings. The molecule has 0 amide bonds. The maximum absolute atomic E-state index is 6.39. The lowest BCUT2D eigenvalue weighted by Gasteiger charge is -2.30. The Bertz CT molecular complexity index is 652. The van der Waals surface area contributed by atoms with Crippen LogP contribution < -0.4 is 9.47 Å². The number of nitrogens with zero attached hydrogens (tertiary/aromatic N) is 2. The van der Waals surface area contributed by atoms with Crippen molar-refractivity contribution in [2.24, 2.45) is 4.99 Å². The number of hydrogen-bond acceptors (Lipinski definition) is 5. The van der Waals surface area contributed by atoms with E-state index in [2.05, 4.69) is 16.5 Å². The number of benzene rings is 1. The Morgan fingerprint density at radius 1 is 1.26 bits per heavy atom. The SMILES string of the molecule is C=CC.COc1ccccc1OC(=C(/C)Cl)/C(Cl)=N\C(C)N1CCOCC1. The summed E-state index contributed by atoms with van der Waals surface area (Å²) in [6, 6.07) is 7.30. The first-order chi connectivity index (χ1) is 12.9. The van der Waals surface area contributed by atoms with Crippen LogP contribution in [-0.2, 0) is 4.74 Å². The zero-order valence-corrected chi connectivity index (χ0v) is 17.9. The molecule has 0 N–H and O–H groups in total. The molecule has 5 nitrogen and oxygen atoms in total. The van der Waals surface area contributed by atoms with Crippen LogP contribution in [0.15, 0.2) is 52.7 Å². The monoisotopic (exact) mass is 414 g/mol. The van der Waals surface area contributed by atoms with E-state index in [9.17, 15) is 0 Å². The number of aliphatic imine (C=N–C) groups is 1. The van der Waals surface area contributed by atoms with Crippen LogP contribution in [0.5, 0.6) is 11.5 Å². The standard InChI is InChI=1S/C17H22Cl2N2O3.C3H6/c1-12(18)16(24-15-7-5-4-6-14(15)22-3)17(19)20-13(2)21-8-10-23-11-9-21;1-3-2/h4-7,13H,8-11H2,1-3H3;3H,1H2,2H3/b16-12-,20-17+;. The number of halogens is 2. The van der Waals surface area contributed by atoms with Gasteiger partial charge in [0, 0.05) is 13.1 Å². The fraction of sp³-hybridized carbons (Fsp3) is 0.450. The molecule has 1 fully saturated rings. The van der Waals surface area contributed by atoms with E-state index in [4.69, 9.17) is 37.4 Å². The second kappa shape index (κ2) is 12.8. The lowest BCUT2D eigenvalue weighted by molar-refractivity contribution is 0.0220. The van der Waals surface area contributed by atoms with E-state index in [0.717, 1.165) is 13.1 Å². The molecular weight excluding hydrogens is 387 g/mol. The highest BCUT2D eigenvalue weighted by Crippen LogP contribution is 2.30. The van der Waals surface area contributed by atoms with Gasteiger partial charge in [-0.25, -0.2) is 0 Å². The predicted octanol–water partition coefficient (Wildman–Crippen LogP) is 5.05. The van der Waals surface area contributed by atoms with Crippen molar-refractivity contribution in [2.75, 3.05) is 33.4 Å². The minimum Gasteiger partial charge on any atom is -0.493 e. The van der Waals surface area contributed by atoms with E-state index in [-0.39, 0.29) is 11.3 Å². The third kappa shape index (κ3) is 7.93. The van der Waals surface area contributed by atoms with Crippen LogP contribution >= 0.6 is 23.2 Å². The molecule has 1 atom stereocenters. The molecule has 1 unspecified atom stereocenters. The molecule has 0 saturated carbocycles. The normalized spacial score (nSPS) is 17.2. The number of ether oxygens (including phenoxy) is 3. The van der Waals surface area contributed by atoms with E-state index < -0.39 is 0 Å². The number of allylic oxidation sites excluding steroid dienone is 3. The Balaban J connectivity index is 0.00000114. The van der Waals surface area contributed by atoms with Crippen LogP contribution in [0, 0.1) is 0 Å². The maximum Gasteiger partial charge on any atom is 0.178 e. The summed E-state index contributed by atoms with van der Waals surface area (Å²) in [5, 5.41) is 0.649. The molecule has 0 spiro atoms. The van der Waals surface area contributed by atoms with Crippen molar-refractivity contribution >= 4 is 28.4 Å². The molecule has 1 saturated heterocycles. The molecule has 150 valence electrons. The van der Waals surface area contributed by atoms with E-state index in [1.54, 1.807) is 32.2 Å². The van der Waals surface area contributed by atoms with Crippen molar-refractivity contribution in [3.05, 3.63) is 47.7 Å². The van der Waals surface area contributed by atoms with Crippen LogP contribution in [-0.4, -0.2) is 49.6 Å². The number of morpholine rings is 1. The molecule has 0 radical (unpaired) electrons. The fourth-order valence-electron chi connectivity index (χ4n) is 2.32. The summed E-state index contributed by atoms with van der Waals surface area (Å²) >= 11 is 12.6. The van der Waals surface area contributed by atoms with E-state index in [1.807, 2.05) is 26.0 Å². The van der Waals surface area contributed by atoms with E-state index >= 15 is 0 Å². The summed E-state index contributed by atoms with van der Waals surface area (Å²) in [6.07, 6.45) is 1.66. The molecule has 1 aliphatic heterocycles. The first kappa shape index (κ1) is 23.5. The molecule has 27 heavy (non-hydrogen) atoms. The molecule has 1 aromatic rings. The van der Waals surface area contributed by atoms with Gasteiger partial charge in [-0.3, -0.25) is 9.89 Å². The van der Waals surface area contributed by atoms with Gasteiger partial charge in [0.1, 0.15) is 6.17 Å². The Morgan fingerprint density at radius 2 is 1.81 bits per heavy atom. The molecule has 1 aromatic carbocycles. The zero-order valence-electron chi connectivity index (χ0n) is 16.4. The molecule has 2 rings (SSSR count). The highest BCUT2D eigenvalue weighted by atomic mass is 35.5. The molecule has 0 aliphatic carbocycles. The van der Waals surface area contributed by atoms with Crippen molar-refractivity contribution < 1.29 is 14.2 Å². The Morgan fingerprint density at radius 3 is 2.33 bits per heavy atom. The van der Waals surface area contributed by atoms with Crippen molar-refractivity contribution in [1.29, 1.82) is 0 Å². The van der Waals surface area contributed by atoms with Crippen molar-refractivity contribution in [3.63, 3.8) is 0 Å². The van der Waals surface area contributed by atoms with Gasteiger partial charge in [0.15, 0.2) is 22.4 Å². The van der Waals surface area contributed by atoms with Gasteiger partial charge >= 0.3 is 0 Å². The van der Waals surface area contributed by atoms with Crippen LogP contribution in [0.2, 0.25) is 0 Å². The van der Waals surface area contributed by atoms with Crippen LogP contribution in [0.4, 0.5) is 0 Å². The van der Waals surface area contributed by atoms with E-state index in [1.165, 1.54) is 0 Å². The number of rotatable bonds is 6. The molecule has 7 heteroatoms. The average molecular weight is 415 g/mol. The topological polar surface area (TPSA) is 43.3 Å². The van der Waals surface area contributed by atoms with Gasteiger partial charge in [0.25, 0.3) is 0 Å². The van der Waals surface area contributed by atoms with Gasteiger partial charge < -0.3 is 14.2 Å². The Kier molecular flexibility index (Phi) is 11.1. The van der Waals surface area contributed by atoms with Gasteiger partial charge in [0.05, 0.1) is 25.4 Å². The van der Waals surface area contributed by atoms with Crippen molar-refractivity contribution in [2.45, 2.75) is 26.9 Å². The Hall–Kier alpha value is -1.53. The summed E-state index contributed by atoms with van der Waals surface area (Å²) in [4.78, 5) is 6.71. The zero-order chi connectivity index (χ0) is 20.2.